The highest BCUT2D eigenvalue weighted by atomic mass is 35.5. The quantitative estimate of drug-likeness (QED) is 0.858. The molecule has 0 saturated carbocycles. The molecular weight excluding hydrogens is 226 g/mol. The first-order valence-corrected chi connectivity index (χ1v) is 5.47. The highest BCUT2D eigenvalue weighted by molar-refractivity contribution is 6.34. The van der Waals surface area contributed by atoms with Crippen LogP contribution in [-0.4, -0.2) is 24.2 Å². The first kappa shape index (κ1) is 12.8. The van der Waals surface area contributed by atoms with E-state index in [9.17, 15) is 0 Å². The number of aromatic nitrogens is 1. The Hall–Kier alpha value is -1.31. The molecular formula is C11H14ClN3O. The van der Waals surface area contributed by atoms with Crippen LogP contribution in [0.15, 0.2) is 12.3 Å². The van der Waals surface area contributed by atoms with Gasteiger partial charge in [-0.1, -0.05) is 11.6 Å². The normalized spacial score (nSPS) is 11.9. The zero-order valence-corrected chi connectivity index (χ0v) is 10.1. The van der Waals surface area contributed by atoms with E-state index in [0.29, 0.717) is 29.6 Å². The molecule has 86 valence electrons. The molecule has 1 heterocycles. The van der Waals surface area contributed by atoms with Crippen molar-refractivity contribution in [2.75, 3.05) is 18.5 Å². The predicted molar refractivity (Wildman–Crippen MR) is 63.5 cm³/mol. The molecule has 0 saturated heterocycles. The zero-order valence-electron chi connectivity index (χ0n) is 9.33. The maximum Gasteiger partial charge on any atom is 0.146 e. The smallest absolute Gasteiger partial charge is 0.146 e. The molecule has 0 spiro atoms. The molecule has 1 unspecified atom stereocenters. The molecule has 0 aromatic carbocycles. The Morgan fingerprint density at radius 1 is 1.69 bits per heavy atom. The van der Waals surface area contributed by atoms with Crippen LogP contribution in [0.25, 0.3) is 0 Å². The van der Waals surface area contributed by atoms with Crippen molar-refractivity contribution < 1.29 is 4.74 Å². The Kier molecular flexibility index (Phi) is 5.03. The highest BCUT2D eigenvalue weighted by Crippen LogP contribution is 2.22. The van der Waals surface area contributed by atoms with Gasteiger partial charge in [-0.2, -0.15) is 5.26 Å². The lowest BCUT2D eigenvalue weighted by molar-refractivity contribution is 0.0855. The molecule has 0 amide bonds. The minimum Gasteiger partial charge on any atom is -0.377 e. The lowest BCUT2D eigenvalue weighted by Gasteiger charge is -2.13. The summed E-state index contributed by atoms with van der Waals surface area (Å²) in [5.74, 6) is 0.521. The van der Waals surface area contributed by atoms with Gasteiger partial charge in [-0.05, 0) is 19.9 Å². The predicted octanol–water partition coefficient (Wildman–Crippen LogP) is 2.44. The van der Waals surface area contributed by atoms with Crippen molar-refractivity contribution in [1.29, 1.82) is 5.26 Å². The largest absolute Gasteiger partial charge is 0.377 e. The third-order valence-electron chi connectivity index (χ3n) is 2.02. The van der Waals surface area contributed by atoms with E-state index in [1.165, 1.54) is 0 Å². The lowest BCUT2D eigenvalue weighted by atomic mass is 10.3. The monoisotopic (exact) mass is 239 g/mol. The first-order valence-electron chi connectivity index (χ1n) is 5.09. The minimum absolute atomic E-state index is 0.0774. The number of ether oxygens (including phenoxy) is 1. The van der Waals surface area contributed by atoms with Crippen molar-refractivity contribution >= 4 is 17.4 Å². The number of halogens is 1. The van der Waals surface area contributed by atoms with Gasteiger partial charge in [0, 0.05) is 19.3 Å². The van der Waals surface area contributed by atoms with Crippen LogP contribution >= 0.6 is 11.6 Å². The van der Waals surface area contributed by atoms with Crippen molar-refractivity contribution in [1.82, 2.24) is 4.98 Å². The van der Waals surface area contributed by atoms with E-state index >= 15 is 0 Å². The SMILES string of the molecule is CCOC(C)CNc1nccc(C#N)c1Cl. The maximum absolute atomic E-state index is 8.79. The second-order valence-corrected chi connectivity index (χ2v) is 3.66. The van der Waals surface area contributed by atoms with Gasteiger partial charge in [0.15, 0.2) is 0 Å². The summed E-state index contributed by atoms with van der Waals surface area (Å²) in [4.78, 5) is 4.07. The Morgan fingerprint density at radius 3 is 3.06 bits per heavy atom. The Labute approximate surface area is 100 Å². The van der Waals surface area contributed by atoms with Crippen LogP contribution in [0.4, 0.5) is 5.82 Å². The van der Waals surface area contributed by atoms with E-state index in [-0.39, 0.29) is 6.10 Å². The van der Waals surface area contributed by atoms with Gasteiger partial charge < -0.3 is 10.1 Å². The van der Waals surface area contributed by atoms with E-state index < -0.39 is 0 Å². The average molecular weight is 240 g/mol. The van der Waals surface area contributed by atoms with Gasteiger partial charge >= 0.3 is 0 Å². The Morgan fingerprint density at radius 2 is 2.44 bits per heavy atom. The molecule has 1 aromatic heterocycles. The van der Waals surface area contributed by atoms with Crippen LogP contribution < -0.4 is 5.32 Å². The van der Waals surface area contributed by atoms with Crippen molar-refractivity contribution in [2.45, 2.75) is 20.0 Å². The summed E-state index contributed by atoms with van der Waals surface area (Å²) in [6, 6.07) is 3.59. The Bertz CT molecular complexity index is 389. The molecule has 0 radical (unpaired) electrons. The molecule has 1 N–H and O–H groups in total. The number of hydrogen-bond acceptors (Lipinski definition) is 4. The minimum atomic E-state index is 0.0774. The maximum atomic E-state index is 8.79. The second-order valence-electron chi connectivity index (χ2n) is 3.28. The van der Waals surface area contributed by atoms with Crippen LogP contribution in [0.3, 0.4) is 0 Å². The molecule has 0 bridgehead atoms. The molecule has 1 rings (SSSR count). The molecule has 0 aliphatic rings. The zero-order chi connectivity index (χ0) is 12.0. The summed E-state index contributed by atoms with van der Waals surface area (Å²) in [5.41, 5.74) is 0.420. The highest BCUT2D eigenvalue weighted by Gasteiger charge is 2.08. The number of nitriles is 1. The second kappa shape index (κ2) is 6.31. The van der Waals surface area contributed by atoms with Crippen LogP contribution in [0.2, 0.25) is 5.02 Å². The summed E-state index contributed by atoms with van der Waals surface area (Å²) < 4.78 is 5.36. The van der Waals surface area contributed by atoms with E-state index in [1.807, 2.05) is 19.9 Å². The summed E-state index contributed by atoms with van der Waals surface area (Å²) in [6.45, 7) is 5.17. The molecule has 0 aliphatic carbocycles. The summed E-state index contributed by atoms with van der Waals surface area (Å²) in [7, 11) is 0. The first-order chi connectivity index (χ1) is 7.69. The number of hydrogen-bond donors (Lipinski definition) is 1. The van der Waals surface area contributed by atoms with Gasteiger partial charge in [-0.15, -0.1) is 0 Å². The number of pyridine rings is 1. The van der Waals surface area contributed by atoms with E-state index in [1.54, 1.807) is 12.3 Å². The van der Waals surface area contributed by atoms with Gasteiger partial charge in [-0.25, -0.2) is 4.98 Å². The van der Waals surface area contributed by atoms with Gasteiger partial charge in [-0.3, -0.25) is 0 Å². The number of nitrogens with zero attached hydrogens (tertiary/aromatic N) is 2. The lowest BCUT2D eigenvalue weighted by Crippen LogP contribution is -2.20. The van der Waals surface area contributed by atoms with Crippen molar-refractivity contribution in [3.05, 3.63) is 22.8 Å². The van der Waals surface area contributed by atoms with Gasteiger partial charge in [0.1, 0.15) is 16.9 Å². The van der Waals surface area contributed by atoms with Crippen LogP contribution in [-0.2, 0) is 4.74 Å². The number of anilines is 1. The van der Waals surface area contributed by atoms with Gasteiger partial charge in [0.2, 0.25) is 0 Å². The van der Waals surface area contributed by atoms with Crippen LogP contribution in [0.1, 0.15) is 19.4 Å². The summed E-state index contributed by atoms with van der Waals surface area (Å²) >= 11 is 5.98. The third kappa shape index (κ3) is 3.37. The van der Waals surface area contributed by atoms with Gasteiger partial charge in [0.05, 0.1) is 11.7 Å². The number of nitrogens with one attached hydrogen (secondary N) is 1. The van der Waals surface area contributed by atoms with E-state index in [4.69, 9.17) is 21.6 Å². The standard InChI is InChI=1S/C11H14ClN3O/c1-3-16-8(2)7-15-11-10(12)9(6-13)4-5-14-11/h4-5,8H,3,7H2,1-2H3,(H,14,15). The van der Waals surface area contributed by atoms with Crippen LogP contribution in [0, 0.1) is 11.3 Å². The molecule has 4 nitrogen and oxygen atoms in total. The summed E-state index contributed by atoms with van der Waals surface area (Å²) in [5, 5.41) is 12.2. The molecule has 1 aromatic rings. The van der Waals surface area contributed by atoms with Crippen molar-refractivity contribution in [2.24, 2.45) is 0 Å². The topological polar surface area (TPSA) is 57.9 Å². The van der Waals surface area contributed by atoms with Gasteiger partial charge in [0.25, 0.3) is 0 Å². The third-order valence-corrected chi connectivity index (χ3v) is 2.40. The molecule has 1 atom stereocenters. The number of rotatable bonds is 5. The molecule has 16 heavy (non-hydrogen) atoms. The molecule has 5 heteroatoms. The average Bonchev–Trinajstić information content (AvgIpc) is 2.28. The molecule has 0 fully saturated rings. The van der Waals surface area contributed by atoms with E-state index in [0.717, 1.165) is 0 Å². The van der Waals surface area contributed by atoms with Crippen LogP contribution in [0.5, 0.6) is 0 Å². The summed E-state index contributed by atoms with van der Waals surface area (Å²) in [6.07, 6.45) is 1.63. The fourth-order valence-corrected chi connectivity index (χ4v) is 1.46. The van der Waals surface area contributed by atoms with Crippen molar-refractivity contribution in [3.8, 4) is 6.07 Å². The van der Waals surface area contributed by atoms with E-state index in [2.05, 4.69) is 10.3 Å². The fraction of sp³-hybridized carbons (Fsp3) is 0.455. The van der Waals surface area contributed by atoms with Crippen molar-refractivity contribution in [3.63, 3.8) is 0 Å². The fourth-order valence-electron chi connectivity index (χ4n) is 1.24. The molecule has 0 aliphatic heterocycles. The Balaban J connectivity index is 2.64.